The molecule has 1 amide bonds. The van der Waals surface area contributed by atoms with Crippen molar-refractivity contribution in [2.24, 2.45) is 0 Å². The van der Waals surface area contributed by atoms with Crippen LogP contribution in [0.3, 0.4) is 0 Å². The number of amides is 1. The van der Waals surface area contributed by atoms with Gasteiger partial charge < -0.3 is 14.6 Å². The number of aromatic nitrogens is 3. The largest absolute Gasteiger partial charge is 0.444 e. The Labute approximate surface area is 148 Å². The molecule has 0 fully saturated rings. The van der Waals surface area contributed by atoms with Crippen LogP contribution in [0.1, 0.15) is 37.7 Å². The number of nitrogens with zero attached hydrogens (tertiary/aromatic N) is 3. The van der Waals surface area contributed by atoms with Gasteiger partial charge >= 0.3 is 12.3 Å². The highest BCUT2D eigenvalue weighted by atomic mass is 19.4. The van der Waals surface area contributed by atoms with Crippen molar-refractivity contribution in [1.82, 2.24) is 19.9 Å². The van der Waals surface area contributed by atoms with Crippen molar-refractivity contribution >= 4 is 6.09 Å². The van der Waals surface area contributed by atoms with E-state index < -0.39 is 23.6 Å². The second-order valence-electron chi connectivity index (χ2n) is 7.05. The summed E-state index contributed by atoms with van der Waals surface area (Å²) in [6.07, 6.45) is -3.56. The van der Waals surface area contributed by atoms with Gasteiger partial charge in [-0.25, -0.2) is 14.8 Å². The molecule has 0 saturated carbocycles. The molecule has 1 aliphatic rings. The van der Waals surface area contributed by atoms with E-state index in [1.807, 2.05) is 0 Å². The first-order chi connectivity index (χ1) is 12.0. The van der Waals surface area contributed by atoms with E-state index in [4.69, 9.17) is 4.74 Å². The average Bonchev–Trinajstić information content (AvgIpc) is 3.05. The van der Waals surface area contributed by atoms with Gasteiger partial charge in [-0.1, -0.05) is 0 Å². The van der Waals surface area contributed by atoms with Crippen LogP contribution in [-0.2, 0) is 23.9 Å². The number of hydrogen-bond donors (Lipinski definition) is 1. The fourth-order valence-corrected chi connectivity index (χ4v) is 2.74. The molecule has 0 atom stereocenters. The number of hydrogen-bond acceptors (Lipinski definition) is 4. The third-order valence-electron chi connectivity index (χ3n) is 3.82. The molecule has 0 spiro atoms. The van der Waals surface area contributed by atoms with Gasteiger partial charge in [0.1, 0.15) is 5.60 Å². The zero-order valence-corrected chi connectivity index (χ0v) is 14.6. The van der Waals surface area contributed by atoms with Crippen molar-refractivity contribution in [2.75, 3.05) is 6.54 Å². The minimum absolute atomic E-state index is 0.0222. The number of aromatic amines is 1. The number of nitrogens with one attached hydrogen (secondary N) is 1. The van der Waals surface area contributed by atoms with E-state index in [2.05, 4.69) is 15.0 Å². The Morgan fingerprint density at radius 2 is 2.00 bits per heavy atom. The summed E-state index contributed by atoms with van der Waals surface area (Å²) in [5.74, 6) is -0.0490. The summed E-state index contributed by atoms with van der Waals surface area (Å²) in [6.45, 7) is 5.27. The molecular formula is C17H19F3N4O2. The highest BCUT2D eigenvalue weighted by Gasteiger charge is 2.39. The first-order valence-electron chi connectivity index (χ1n) is 8.13. The number of carbonyl (C=O) groups is 1. The number of H-pyrrole nitrogens is 1. The molecule has 140 valence electrons. The molecule has 0 unspecified atom stereocenters. The summed E-state index contributed by atoms with van der Waals surface area (Å²) in [5, 5.41) is 0. The van der Waals surface area contributed by atoms with Crippen molar-refractivity contribution in [1.29, 1.82) is 0 Å². The number of alkyl halides is 3. The fraction of sp³-hybridized carbons (Fsp3) is 0.471. The van der Waals surface area contributed by atoms with Crippen LogP contribution in [0.5, 0.6) is 0 Å². The first kappa shape index (κ1) is 18.2. The molecule has 6 nitrogen and oxygen atoms in total. The van der Waals surface area contributed by atoms with Gasteiger partial charge in [0.25, 0.3) is 0 Å². The molecule has 9 heteroatoms. The zero-order valence-electron chi connectivity index (χ0n) is 14.6. The number of rotatable bonds is 1. The van der Waals surface area contributed by atoms with Crippen LogP contribution in [0.15, 0.2) is 18.3 Å². The second-order valence-corrected chi connectivity index (χ2v) is 7.05. The molecule has 26 heavy (non-hydrogen) atoms. The summed E-state index contributed by atoms with van der Waals surface area (Å²) in [7, 11) is 0. The molecule has 0 aromatic carbocycles. The monoisotopic (exact) mass is 368 g/mol. The Bertz CT molecular complexity index is 811. The van der Waals surface area contributed by atoms with Gasteiger partial charge in [0.2, 0.25) is 0 Å². The number of fused-ring (bicyclic) bond motifs is 1. The lowest BCUT2D eigenvalue weighted by atomic mass is 10.0. The van der Waals surface area contributed by atoms with Crippen molar-refractivity contribution in [2.45, 2.75) is 45.5 Å². The minimum atomic E-state index is -4.59. The van der Waals surface area contributed by atoms with E-state index in [9.17, 15) is 18.0 Å². The Balaban J connectivity index is 1.98. The van der Waals surface area contributed by atoms with Crippen LogP contribution in [0, 0.1) is 0 Å². The van der Waals surface area contributed by atoms with E-state index in [1.165, 1.54) is 4.90 Å². The van der Waals surface area contributed by atoms with Crippen LogP contribution in [-0.4, -0.2) is 38.1 Å². The maximum atomic E-state index is 13.5. The highest BCUT2D eigenvalue weighted by Crippen LogP contribution is 2.35. The van der Waals surface area contributed by atoms with Gasteiger partial charge in [-0.2, -0.15) is 13.2 Å². The van der Waals surface area contributed by atoms with Crippen LogP contribution >= 0.6 is 0 Å². The fourth-order valence-electron chi connectivity index (χ4n) is 2.74. The van der Waals surface area contributed by atoms with Gasteiger partial charge in [0, 0.05) is 18.3 Å². The summed E-state index contributed by atoms with van der Waals surface area (Å²) < 4.78 is 45.7. The molecule has 0 radical (unpaired) electrons. The summed E-state index contributed by atoms with van der Waals surface area (Å²) in [6, 6.07) is 3.24. The van der Waals surface area contributed by atoms with Gasteiger partial charge in [-0.15, -0.1) is 0 Å². The lowest BCUT2D eigenvalue weighted by molar-refractivity contribution is -0.142. The molecule has 3 heterocycles. The minimum Gasteiger partial charge on any atom is -0.444 e. The maximum absolute atomic E-state index is 13.5. The smallest absolute Gasteiger partial charge is 0.433 e. The molecule has 0 saturated heterocycles. The Morgan fingerprint density at radius 3 is 2.58 bits per heavy atom. The van der Waals surface area contributed by atoms with Crippen LogP contribution in [0.25, 0.3) is 11.5 Å². The molecule has 0 aliphatic carbocycles. The third-order valence-corrected chi connectivity index (χ3v) is 3.82. The van der Waals surface area contributed by atoms with Crippen LogP contribution in [0.2, 0.25) is 0 Å². The topological polar surface area (TPSA) is 71.1 Å². The summed E-state index contributed by atoms with van der Waals surface area (Å²) in [4.78, 5) is 24.4. The van der Waals surface area contributed by atoms with Crippen molar-refractivity contribution in [3.63, 3.8) is 0 Å². The highest BCUT2D eigenvalue weighted by molar-refractivity contribution is 5.68. The molecule has 2 aromatic heterocycles. The lowest BCUT2D eigenvalue weighted by Gasteiger charge is -2.31. The first-order valence-corrected chi connectivity index (χ1v) is 8.13. The Hall–Kier alpha value is -2.58. The Kier molecular flexibility index (Phi) is 4.41. The summed E-state index contributed by atoms with van der Waals surface area (Å²) in [5.41, 5.74) is -1.03. The van der Waals surface area contributed by atoms with Crippen molar-refractivity contribution in [3.8, 4) is 11.5 Å². The van der Waals surface area contributed by atoms with Gasteiger partial charge in [-0.3, -0.25) is 0 Å². The lowest BCUT2D eigenvalue weighted by Crippen LogP contribution is -2.41. The van der Waals surface area contributed by atoms with E-state index in [0.717, 1.165) is 0 Å². The standard InChI is InChI=1S/C17H19F3N4O2/c1-16(2,3)26-15(25)24-8-6-10-12(9-24)22-14(11-5-4-7-21-11)23-13(10)17(18,19)20/h4-5,7,21H,6,8-9H2,1-3H3. The van der Waals surface area contributed by atoms with Gasteiger partial charge in [-0.05, 0) is 39.3 Å². The predicted molar refractivity (Wildman–Crippen MR) is 87.2 cm³/mol. The normalized spacial score (nSPS) is 14.9. The molecule has 2 aromatic rings. The van der Waals surface area contributed by atoms with Crippen molar-refractivity contribution in [3.05, 3.63) is 35.3 Å². The quantitative estimate of drug-likeness (QED) is 0.831. The summed E-state index contributed by atoms with van der Waals surface area (Å²) >= 11 is 0. The van der Waals surface area contributed by atoms with Gasteiger partial charge in [0.05, 0.1) is 17.9 Å². The number of carbonyl (C=O) groups excluding carboxylic acids is 1. The third kappa shape index (κ3) is 3.81. The van der Waals surface area contributed by atoms with E-state index in [0.29, 0.717) is 5.69 Å². The number of halogens is 3. The van der Waals surface area contributed by atoms with E-state index >= 15 is 0 Å². The number of ether oxygens (including phenoxy) is 1. The van der Waals surface area contributed by atoms with Gasteiger partial charge in [0.15, 0.2) is 11.5 Å². The van der Waals surface area contributed by atoms with Crippen LogP contribution in [0.4, 0.5) is 18.0 Å². The zero-order chi connectivity index (χ0) is 19.1. The molecule has 0 bridgehead atoms. The molecule has 1 N–H and O–H groups in total. The van der Waals surface area contributed by atoms with E-state index in [1.54, 1.807) is 39.1 Å². The maximum Gasteiger partial charge on any atom is 0.433 e. The van der Waals surface area contributed by atoms with Crippen LogP contribution < -0.4 is 0 Å². The molecular weight excluding hydrogens is 349 g/mol. The molecule has 1 aliphatic heterocycles. The SMILES string of the molecule is CC(C)(C)OC(=O)N1CCc2c(nc(-c3ccc[nH]3)nc2C(F)(F)F)C1. The average molecular weight is 368 g/mol. The second kappa shape index (κ2) is 6.30. The van der Waals surface area contributed by atoms with E-state index in [-0.39, 0.29) is 36.6 Å². The molecule has 3 rings (SSSR count). The Morgan fingerprint density at radius 1 is 1.27 bits per heavy atom. The predicted octanol–water partition coefficient (Wildman–Crippen LogP) is 3.78. The van der Waals surface area contributed by atoms with Crippen molar-refractivity contribution < 1.29 is 22.7 Å².